The third kappa shape index (κ3) is 3.67. The van der Waals surface area contributed by atoms with Crippen LogP contribution < -0.4 is 0 Å². The minimum absolute atomic E-state index is 0.0320. The average Bonchev–Trinajstić information content (AvgIpc) is 2.18. The number of benzene rings is 1. The molecule has 0 aliphatic heterocycles. The molecule has 0 aromatic heterocycles. The molecule has 0 amide bonds. The highest BCUT2D eigenvalue weighted by molar-refractivity contribution is 6.30. The molecule has 0 spiro atoms. The van der Waals surface area contributed by atoms with Gasteiger partial charge in [0.1, 0.15) is 5.78 Å². The molecule has 0 saturated carbocycles. The molecule has 1 unspecified atom stereocenters. The van der Waals surface area contributed by atoms with Crippen molar-refractivity contribution < 1.29 is 4.79 Å². The number of alkyl halides is 1. The van der Waals surface area contributed by atoms with Crippen molar-refractivity contribution in [3.8, 4) is 0 Å². The van der Waals surface area contributed by atoms with Crippen molar-refractivity contribution in [2.45, 2.75) is 38.5 Å². The highest BCUT2D eigenvalue weighted by atomic mass is 35.5. The molecule has 1 atom stereocenters. The number of rotatable bonds is 4. The summed E-state index contributed by atoms with van der Waals surface area (Å²) in [5.41, 5.74) is 2.43. The maximum Gasteiger partial charge on any atom is 0.147 e. The second kappa shape index (κ2) is 5.32. The number of halogens is 1. The lowest BCUT2D eigenvalue weighted by atomic mass is 10.00. The van der Waals surface area contributed by atoms with Crippen molar-refractivity contribution in [2.75, 3.05) is 0 Å². The van der Waals surface area contributed by atoms with Gasteiger partial charge in [-0.3, -0.25) is 4.79 Å². The van der Waals surface area contributed by atoms with Crippen molar-refractivity contribution in [1.29, 1.82) is 0 Å². The van der Waals surface area contributed by atoms with Gasteiger partial charge in [-0.2, -0.15) is 0 Å². The number of carbonyl (C=O) groups is 1. The molecular weight excluding hydrogens is 208 g/mol. The predicted molar refractivity (Wildman–Crippen MR) is 64.6 cm³/mol. The lowest BCUT2D eigenvalue weighted by Gasteiger charge is -2.08. The van der Waals surface area contributed by atoms with E-state index in [-0.39, 0.29) is 5.78 Å². The van der Waals surface area contributed by atoms with E-state index in [1.54, 1.807) is 0 Å². The first-order chi connectivity index (χ1) is 7.00. The largest absolute Gasteiger partial charge is 0.298 e. The van der Waals surface area contributed by atoms with Crippen molar-refractivity contribution >= 4 is 17.4 Å². The van der Waals surface area contributed by atoms with E-state index >= 15 is 0 Å². The number of Topliss-reactive ketones (excluding diaryl/α,β-unsaturated/α-hetero) is 1. The number of carbonyl (C=O) groups excluding carboxylic acids is 1. The first-order valence-electron chi connectivity index (χ1n) is 5.24. The van der Waals surface area contributed by atoms with Gasteiger partial charge in [0.15, 0.2) is 0 Å². The lowest BCUT2D eigenvalue weighted by Crippen LogP contribution is -2.13. The Labute approximate surface area is 96.5 Å². The van der Waals surface area contributed by atoms with Crippen LogP contribution in [0, 0.1) is 0 Å². The molecule has 1 rings (SSSR count). The number of ketones is 1. The molecule has 1 aromatic rings. The quantitative estimate of drug-likeness (QED) is 0.715. The molecule has 0 heterocycles. The van der Waals surface area contributed by atoms with E-state index in [1.165, 1.54) is 12.5 Å². The Morgan fingerprint density at radius 2 is 1.80 bits per heavy atom. The van der Waals surface area contributed by atoms with E-state index in [9.17, 15) is 4.79 Å². The summed E-state index contributed by atoms with van der Waals surface area (Å²) in [6.07, 6.45) is 0.620. The third-order valence-electron chi connectivity index (χ3n) is 2.50. The van der Waals surface area contributed by atoms with Crippen LogP contribution in [0.2, 0.25) is 0 Å². The van der Waals surface area contributed by atoms with E-state index in [0.29, 0.717) is 12.3 Å². The standard InChI is InChI=1S/C13H17ClO/c1-9(2)12-6-4-11(5-7-12)8-13(14)10(3)15/h4-7,9,13H,8H2,1-3H3. The molecule has 0 saturated heterocycles. The summed E-state index contributed by atoms with van der Waals surface area (Å²) >= 11 is 5.90. The fraction of sp³-hybridized carbons (Fsp3) is 0.462. The van der Waals surface area contributed by atoms with E-state index in [0.717, 1.165) is 5.56 Å². The van der Waals surface area contributed by atoms with Crippen LogP contribution in [0.3, 0.4) is 0 Å². The fourth-order valence-corrected chi connectivity index (χ4v) is 1.57. The SMILES string of the molecule is CC(=O)C(Cl)Cc1ccc(C(C)C)cc1. The molecule has 82 valence electrons. The first kappa shape index (κ1) is 12.3. The maximum atomic E-state index is 11.0. The molecule has 1 nitrogen and oxygen atoms in total. The van der Waals surface area contributed by atoms with Gasteiger partial charge in [0.05, 0.1) is 5.38 Å². The van der Waals surface area contributed by atoms with E-state index in [1.807, 2.05) is 12.1 Å². The van der Waals surface area contributed by atoms with Gasteiger partial charge in [0, 0.05) is 0 Å². The minimum atomic E-state index is -0.394. The zero-order valence-corrected chi connectivity index (χ0v) is 10.2. The molecule has 1 aromatic carbocycles. The first-order valence-corrected chi connectivity index (χ1v) is 5.67. The molecule has 2 heteroatoms. The summed E-state index contributed by atoms with van der Waals surface area (Å²) in [4.78, 5) is 11.0. The lowest BCUT2D eigenvalue weighted by molar-refractivity contribution is -0.116. The minimum Gasteiger partial charge on any atom is -0.298 e. The van der Waals surface area contributed by atoms with Gasteiger partial charge < -0.3 is 0 Å². The molecule has 0 radical (unpaired) electrons. The second-order valence-electron chi connectivity index (χ2n) is 4.18. The van der Waals surface area contributed by atoms with Crippen LogP contribution in [0.4, 0.5) is 0 Å². The van der Waals surface area contributed by atoms with Crippen molar-refractivity contribution in [1.82, 2.24) is 0 Å². The Bertz CT molecular complexity index is 327. The molecule has 0 N–H and O–H groups in total. The van der Waals surface area contributed by atoms with Crippen LogP contribution in [-0.4, -0.2) is 11.2 Å². The molecular formula is C13H17ClO. The Balaban J connectivity index is 2.68. The van der Waals surface area contributed by atoms with Gasteiger partial charge in [-0.25, -0.2) is 0 Å². The molecule has 0 aliphatic rings. The smallest absolute Gasteiger partial charge is 0.147 e. The van der Waals surface area contributed by atoms with Crippen LogP contribution in [0.1, 0.15) is 37.8 Å². The van der Waals surface area contributed by atoms with Gasteiger partial charge in [-0.1, -0.05) is 38.1 Å². The molecule has 0 fully saturated rings. The van der Waals surface area contributed by atoms with E-state index in [2.05, 4.69) is 26.0 Å². The second-order valence-corrected chi connectivity index (χ2v) is 4.71. The van der Waals surface area contributed by atoms with Crippen LogP contribution in [0.5, 0.6) is 0 Å². The summed E-state index contributed by atoms with van der Waals surface area (Å²) in [5.74, 6) is 0.572. The van der Waals surface area contributed by atoms with Gasteiger partial charge in [0.2, 0.25) is 0 Å². The molecule has 0 aliphatic carbocycles. The molecule has 0 bridgehead atoms. The van der Waals surface area contributed by atoms with Crippen LogP contribution in [-0.2, 0) is 11.2 Å². The van der Waals surface area contributed by atoms with E-state index in [4.69, 9.17) is 11.6 Å². The van der Waals surface area contributed by atoms with E-state index < -0.39 is 5.38 Å². The normalized spacial score (nSPS) is 12.9. The Morgan fingerprint density at radius 1 is 1.27 bits per heavy atom. The van der Waals surface area contributed by atoms with Crippen molar-refractivity contribution in [2.24, 2.45) is 0 Å². The zero-order valence-electron chi connectivity index (χ0n) is 9.46. The van der Waals surface area contributed by atoms with Gasteiger partial charge in [0.25, 0.3) is 0 Å². The summed E-state index contributed by atoms with van der Waals surface area (Å²) in [6.45, 7) is 5.85. The third-order valence-corrected chi connectivity index (χ3v) is 2.96. The summed E-state index contributed by atoms with van der Waals surface area (Å²) in [6, 6.07) is 8.30. The molecule has 15 heavy (non-hydrogen) atoms. The fourth-order valence-electron chi connectivity index (χ4n) is 1.39. The van der Waals surface area contributed by atoms with Crippen LogP contribution >= 0.6 is 11.6 Å². The topological polar surface area (TPSA) is 17.1 Å². The number of hydrogen-bond donors (Lipinski definition) is 0. The average molecular weight is 225 g/mol. The monoisotopic (exact) mass is 224 g/mol. The summed E-state index contributed by atoms with van der Waals surface area (Å²) in [7, 11) is 0. The number of hydrogen-bond acceptors (Lipinski definition) is 1. The van der Waals surface area contributed by atoms with Crippen molar-refractivity contribution in [3.63, 3.8) is 0 Å². The zero-order chi connectivity index (χ0) is 11.4. The maximum absolute atomic E-state index is 11.0. The highest BCUT2D eigenvalue weighted by Gasteiger charge is 2.10. The summed E-state index contributed by atoms with van der Waals surface area (Å²) < 4.78 is 0. The van der Waals surface area contributed by atoms with Gasteiger partial charge >= 0.3 is 0 Å². The Hall–Kier alpha value is -0.820. The van der Waals surface area contributed by atoms with Gasteiger partial charge in [-0.15, -0.1) is 11.6 Å². The van der Waals surface area contributed by atoms with Gasteiger partial charge in [-0.05, 0) is 30.4 Å². The summed E-state index contributed by atoms with van der Waals surface area (Å²) in [5, 5.41) is -0.394. The predicted octanol–water partition coefficient (Wildman–Crippen LogP) is 3.55. The van der Waals surface area contributed by atoms with Crippen LogP contribution in [0.15, 0.2) is 24.3 Å². The highest BCUT2D eigenvalue weighted by Crippen LogP contribution is 2.16. The Morgan fingerprint density at radius 3 is 2.20 bits per heavy atom. The van der Waals surface area contributed by atoms with Crippen molar-refractivity contribution in [3.05, 3.63) is 35.4 Å². The Kier molecular flexibility index (Phi) is 4.34. The van der Waals surface area contributed by atoms with Crippen LogP contribution in [0.25, 0.3) is 0 Å².